The van der Waals surface area contributed by atoms with Gasteiger partial charge in [-0.1, -0.05) is 35.4 Å². The monoisotopic (exact) mass is 461 g/mol. The Bertz CT molecular complexity index is 1140. The molecular weight excluding hydrogens is 438 g/mol. The summed E-state index contributed by atoms with van der Waals surface area (Å²) in [5.41, 5.74) is 4.88. The lowest BCUT2D eigenvalue weighted by atomic mass is 10.0. The molecule has 0 N–H and O–H groups in total. The van der Waals surface area contributed by atoms with Gasteiger partial charge in [0.15, 0.2) is 5.13 Å². The van der Waals surface area contributed by atoms with E-state index in [0.717, 1.165) is 17.2 Å². The molecule has 158 valence electrons. The summed E-state index contributed by atoms with van der Waals surface area (Å²) in [7, 11) is -3.50. The first-order valence-corrected chi connectivity index (χ1v) is 12.5. The standard InChI is InChI=1S/C22H24ClN3O2S2/c1-16-3-4-17(2)18(13-16)14-20-15-29-22(24-20)25-9-11-26(12-10-25)30(27,28)21-7-5-19(23)6-8-21/h3-8,13,15H,9-12,14H2,1-2H3. The fourth-order valence-corrected chi connectivity index (χ4v) is 6.01. The van der Waals surface area contributed by atoms with Gasteiger partial charge in [0.25, 0.3) is 0 Å². The predicted octanol–water partition coefficient (Wildman–Crippen LogP) is 4.52. The third kappa shape index (κ3) is 4.54. The molecule has 2 aromatic carbocycles. The zero-order valence-corrected chi connectivity index (χ0v) is 19.4. The number of sulfonamides is 1. The average Bonchev–Trinajstić information content (AvgIpc) is 3.20. The normalized spacial score (nSPS) is 15.5. The van der Waals surface area contributed by atoms with Crippen LogP contribution in [0.1, 0.15) is 22.4 Å². The maximum Gasteiger partial charge on any atom is 0.243 e. The summed E-state index contributed by atoms with van der Waals surface area (Å²) in [6.45, 7) is 6.37. The predicted molar refractivity (Wildman–Crippen MR) is 123 cm³/mol. The van der Waals surface area contributed by atoms with Crippen LogP contribution in [0.3, 0.4) is 0 Å². The average molecular weight is 462 g/mol. The first-order valence-electron chi connectivity index (χ1n) is 9.84. The lowest BCUT2D eigenvalue weighted by Gasteiger charge is -2.33. The summed E-state index contributed by atoms with van der Waals surface area (Å²) in [4.78, 5) is 7.27. The summed E-state index contributed by atoms with van der Waals surface area (Å²) < 4.78 is 27.3. The number of hydrogen-bond acceptors (Lipinski definition) is 5. The van der Waals surface area contributed by atoms with E-state index in [1.165, 1.54) is 21.0 Å². The molecule has 5 nitrogen and oxygen atoms in total. The molecular formula is C22H24ClN3O2S2. The molecule has 8 heteroatoms. The summed E-state index contributed by atoms with van der Waals surface area (Å²) >= 11 is 7.51. The number of aryl methyl sites for hydroxylation is 2. The Hall–Kier alpha value is -1.93. The van der Waals surface area contributed by atoms with Gasteiger partial charge in [-0.3, -0.25) is 0 Å². The van der Waals surface area contributed by atoms with Crippen LogP contribution in [-0.2, 0) is 16.4 Å². The minimum atomic E-state index is -3.50. The molecule has 0 bridgehead atoms. The van der Waals surface area contributed by atoms with Crippen molar-refractivity contribution in [2.24, 2.45) is 0 Å². The molecule has 3 aromatic rings. The Morgan fingerprint density at radius 2 is 1.73 bits per heavy atom. The van der Waals surface area contributed by atoms with Gasteiger partial charge in [0, 0.05) is 43.0 Å². The topological polar surface area (TPSA) is 53.5 Å². The van der Waals surface area contributed by atoms with E-state index >= 15 is 0 Å². The second kappa shape index (κ2) is 8.67. The largest absolute Gasteiger partial charge is 0.345 e. The number of hydrogen-bond donors (Lipinski definition) is 0. The van der Waals surface area contributed by atoms with E-state index in [-0.39, 0.29) is 4.90 Å². The first-order chi connectivity index (χ1) is 14.3. The Kier molecular flexibility index (Phi) is 6.16. The molecule has 4 rings (SSSR count). The van der Waals surface area contributed by atoms with Gasteiger partial charge >= 0.3 is 0 Å². The highest BCUT2D eigenvalue weighted by Crippen LogP contribution is 2.26. The van der Waals surface area contributed by atoms with Gasteiger partial charge < -0.3 is 4.90 Å². The molecule has 0 amide bonds. The Morgan fingerprint density at radius 3 is 2.43 bits per heavy atom. The highest BCUT2D eigenvalue weighted by molar-refractivity contribution is 7.89. The SMILES string of the molecule is Cc1ccc(C)c(Cc2csc(N3CCN(S(=O)(=O)c4ccc(Cl)cc4)CC3)n2)c1. The zero-order chi connectivity index (χ0) is 21.3. The number of thiazole rings is 1. The summed E-state index contributed by atoms with van der Waals surface area (Å²) in [5.74, 6) is 0. The minimum absolute atomic E-state index is 0.283. The van der Waals surface area contributed by atoms with Crippen LogP contribution in [0.25, 0.3) is 0 Å². The van der Waals surface area contributed by atoms with E-state index in [1.807, 2.05) is 0 Å². The van der Waals surface area contributed by atoms with E-state index in [9.17, 15) is 8.42 Å². The van der Waals surface area contributed by atoms with Crippen LogP contribution in [0.15, 0.2) is 52.7 Å². The lowest BCUT2D eigenvalue weighted by molar-refractivity contribution is 0.384. The number of anilines is 1. The number of piperazine rings is 1. The molecule has 1 aliphatic rings. The van der Waals surface area contributed by atoms with Crippen LogP contribution >= 0.6 is 22.9 Å². The van der Waals surface area contributed by atoms with E-state index in [4.69, 9.17) is 16.6 Å². The van der Waals surface area contributed by atoms with Crippen LogP contribution in [0.2, 0.25) is 5.02 Å². The smallest absolute Gasteiger partial charge is 0.243 e. The molecule has 1 aromatic heterocycles. The summed E-state index contributed by atoms with van der Waals surface area (Å²) in [6, 6.07) is 12.8. The highest BCUT2D eigenvalue weighted by Gasteiger charge is 2.29. The van der Waals surface area contributed by atoms with E-state index in [0.29, 0.717) is 31.2 Å². The van der Waals surface area contributed by atoms with Crippen molar-refractivity contribution >= 4 is 38.1 Å². The molecule has 0 radical (unpaired) electrons. The van der Waals surface area contributed by atoms with Gasteiger partial charge in [-0.25, -0.2) is 13.4 Å². The van der Waals surface area contributed by atoms with Gasteiger partial charge in [-0.2, -0.15) is 4.31 Å². The fourth-order valence-electron chi connectivity index (χ4n) is 3.58. The van der Waals surface area contributed by atoms with E-state index < -0.39 is 10.0 Å². The molecule has 0 atom stereocenters. The van der Waals surface area contributed by atoms with Gasteiger partial charge in [0.05, 0.1) is 10.6 Å². The molecule has 1 aliphatic heterocycles. The highest BCUT2D eigenvalue weighted by atomic mass is 35.5. The van der Waals surface area contributed by atoms with Crippen molar-refractivity contribution in [3.63, 3.8) is 0 Å². The maximum absolute atomic E-state index is 12.9. The number of halogens is 1. The van der Waals surface area contributed by atoms with Crippen LogP contribution in [0.5, 0.6) is 0 Å². The molecule has 0 spiro atoms. The number of rotatable bonds is 5. The minimum Gasteiger partial charge on any atom is -0.345 e. The Balaban J connectivity index is 1.41. The molecule has 0 aliphatic carbocycles. The second-order valence-electron chi connectivity index (χ2n) is 7.57. The lowest BCUT2D eigenvalue weighted by Crippen LogP contribution is -2.48. The van der Waals surface area contributed by atoms with Gasteiger partial charge in [0.2, 0.25) is 10.0 Å². The van der Waals surface area contributed by atoms with Gasteiger partial charge in [0.1, 0.15) is 0 Å². The van der Waals surface area contributed by atoms with Gasteiger partial charge in [-0.15, -0.1) is 11.3 Å². The third-order valence-corrected chi connectivity index (χ3v) is 8.49. The summed E-state index contributed by atoms with van der Waals surface area (Å²) in [5, 5.41) is 3.59. The molecule has 1 saturated heterocycles. The zero-order valence-electron chi connectivity index (χ0n) is 17.0. The first kappa shape index (κ1) is 21.3. The molecule has 1 fully saturated rings. The van der Waals surface area contributed by atoms with Crippen molar-refractivity contribution in [3.05, 3.63) is 75.3 Å². The van der Waals surface area contributed by atoms with Crippen molar-refractivity contribution in [3.8, 4) is 0 Å². The summed E-state index contributed by atoms with van der Waals surface area (Å²) in [6.07, 6.45) is 0.814. The maximum atomic E-state index is 12.9. The van der Waals surface area contributed by atoms with Crippen LogP contribution in [0, 0.1) is 13.8 Å². The van der Waals surface area contributed by atoms with Crippen LogP contribution in [0.4, 0.5) is 5.13 Å². The number of aromatic nitrogens is 1. The molecule has 0 saturated carbocycles. The van der Waals surface area contributed by atoms with Crippen molar-refractivity contribution in [1.82, 2.24) is 9.29 Å². The van der Waals surface area contributed by atoms with E-state index in [1.54, 1.807) is 35.6 Å². The molecule has 2 heterocycles. The van der Waals surface area contributed by atoms with Gasteiger partial charge in [-0.05, 0) is 49.2 Å². The van der Waals surface area contributed by atoms with Crippen LogP contribution < -0.4 is 4.90 Å². The quantitative estimate of drug-likeness (QED) is 0.560. The van der Waals surface area contributed by atoms with Crippen LogP contribution in [-0.4, -0.2) is 43.9 Å². The second-order valence-corrected chi connectivity index (χ2v) is 10.8. The van der Waals surface area contributed by atoms with Crippen molar-refractivity contribution < 1.29 is 8.42 Å². The third-order valence-electron chi connectivity index (χ3n) is 5.38. The number of benzene rings is 2. The number of nitrogens with zero attached hydrogens (tertiary/aromatic N) is 3. The Labute approximate surface area is 187 Å². The van der Waals surface area contributed by atoms with Crippen molar-refractivity contribution in [2.45, 2.75) is 25.2 Å². The fraction of sp³-hybridized carbons (Fsp3) is 0.318. The molecule has 0 unspecified atom stereocenters. The van der Waals surface area contributed by atoms with E-state index in [2.05, 4.69) is 42.3 Å². The Morgan fingerprint density at radius 1 is 1.03 bits per heavy atom. The van der Waals surface area contributed by atoms with Crippen molar-refractivity contribution in [2.75, 3.05) is 31.1 Å². The van der Waals surface area contributed by atoms with Crippen molar-refractivity contribution in [1.29, 1.82) is 0 Å². The molecule has 30 heavy (non-hydrogen) atoms.